The molecule has 8 rings (SSSR count). The zero-order chi connectivity index (χ0) is 35.0. The highest BCUT2D eigenvalue weighted by atomic mass is 32.1. The summed E-state index contributed by atoms with van der Waals surface area (Å²) in [6.07, 6.45) is 0. The molecule has 0 aliphatic rings. The summed E-state index contributed by atoms with van der Waals surface area (Å²) >= 11 is 4.57. The first-order valence-electron chi connectivity index (χ1n) is 17.1. The van der Waals surface area contributed by atoms with Gasteiger partial charge >= 0.3 is 0 Å². The van der Waals surface area contributed by atoms with Gasteiger partial charge in [-0.25, -0.2) is 9.97 Å². The fraction of sp³-hybridized carbons (Fsp3) is 0.0870. The summed E-state index contributed by atoms with van der Waals surface area (Å²) in [6.45, 7) is 6.69. The van der Waals surface area contributed by atoms with Crippen LogP contribution < -0.4 is 10.1 Å². The minimum atomic E-state index is 0.125. The molecule has 0 amide bonds. The van der Waals surface area contributed by atoms with Crippen LogP contribution in [0.1, 0.15) is 26.3 Å². The van der Waals surface area contributed by atoms with Gasteiger partial charge in [-0.2, -0.15) is 0 Å². The molecule has 0 saturated carbocycles. The number of nitrogens with one attached hydrogen (secondary N) is 1. The Morgan fingerprint density at radius 2 is 1.02 bits per heavy atom. The zero-order valence-electron chi connectivity index (χ0n) is 28.8. The lowest BCUT2D eigenvalue weighted by Gasteiger charge is -2.19. The standard InChI is InChI=1S/C46H37N3OS/c1-46(2,3)33-16-20-35(21-17-33)47-34-18-14-32(15-19-34)44-28-38(30-10-6-4-7-11-30)40-26-36(22-24-42(40)48-44)50-37-23-25-43-41(27-37)39(29-45(51)49-43)31-12-8-5-9-13-31/h4-29,47H,1-3H3,(H,49,51). The normalized spacial score (nSPS) is 11.5. The van der Waals surface area contributed by atoms with E-state index in [4.69, 9.17) is 9.72 Å². The van der Waals surface area contributed by atoms with Crippen LogP contribution >= 0.6 is 12.6 Å². The van der Waals surface area contributed by atoms with Gasteiger partial charge in [-0.3, -0.25) is 0 Å². The molecular formula is C46H37N3OS. The zero-order valence-corrected chi connectivity index (χ0v) is 29.7. The minimum absolute atomic E-state index is 0.125. The molecule has 248 valence electrons. The van der Waals surface area contributed by atoms with E-state index in [-0.39, 0.29) is 5.41 Å². The van der Waals surface area contributed by atoms with Crippen LogP contribution in [0.2, 0.25) is 0 Å². The maximum absolute atomic E-state index is 6.52. The Hall–Kier alpha value is -5.91. The molecule has 6 aromatic carbocycles. The number of nitrogens with zero attached hydrogens (tertiary/aromatic N) is 2. The molecule has 0 spiro atoms. The van der Waals surface area contributed by atoms with E-state index in [9.17, 15) is 0 Å². The van der Waals surface area contributed by atoms with Gasteiger partial charge in [0.15, 0.2) is 0 Å². The average molecular weight is 680 g/mol. The van der Waals surface area contributed by atoms with Gasteiger partial charge in [-0.05, 0) is 106 Å². The maximum Gasteiger partial charge on any atom is 0.128 e. The smallest absolute Gasteiger partial charge is 0.128 e. The first-order chi connectivity index (χ1) is 24.8. The van der Waals surface area contributed by atoms with Gasteiger partial charge < -0.3 is 10.1 Å². The molecule has 4 nitrogen and oxygen atoms in total. The van der Waals surface area contributed by atoms with E-state index in [1.54, 1.807) is 0 Å². The summed E-state index contributed by atoms with van der Waals surface area (Å²) in [5, 5.41) is 6.24. The van der Waals surface area contributed by atoms with Crippen molar-refractivity contribution in [1.29, 1.82) is 0 Å². The Bertz CT molecular complexity index is 2490. The van der Waals surface area contributed by atoms with Crippen LogP contribution in [0.15, 0.2) is 163 Å². The molecule has 0 aliphatic heterocycles. The lowest BCUT2D eigenvalue weighted by molar-refractivity contribution is 0.484. The number of anilines is 2. The van der Waals surface area contributed by atoms with Gasteiger partial charge in [-0.15, -0.1) is 12.6 Å². The Morgan fingerprint density at radius 1 is 0.510 bits per heavy atom. The van der Waals surface area contributed by atoms with Crippen LogP contribution in [0.3, 0.4) is 0 Å². The predicted molar refractivity (Wildman–Crippen MR) is 216 cm³/mol. The molecule has 0 bridgehead atoms. The summed E-state index contributed by atoms with van der Waals surface area (Å²) < 4.78 is 6.52. The van der Waals surface area contributed by atoms with Gasteiger partial charge in [0.1, 0.15) is 11.5 Å². The van der Waals surface area contributed by atoms with Gasteiger partial charge in [0.05, 0.1) is 21.8 Å². The fourth-order valence-corrected chi connectivity index (χ4v) is 6.70. The van der Waals surface area contributed by atoms with E-state index < -0.39 is 0 Å². The molecule has 5 heteroatoms. The van der Waals surface area contributed by atoms with Crippen LogP contribution in [0.4, 0.5) is 11.4 Å². The second kappa shape index (κ2) is 13.4. The molecule has 8 aromatic rings. The monoisotopic (exact) mass is 679 g/mol. The number of benzene rings is 6. The molecule has 0 radical (unpaired) electrons. The van der Waals surface area contributed by atoms with Crippen molar-refractivity contribution in [1.82, 2.24) is 9.97 Å². The first kappa shape index (κ1) is 32.3. The summed E-state index contributed by atoms with van der Waals surface area (Å²) in [4.78, 5) is 9.79. The highest BCUT2D eigenvalue weighted by Gasteiger charge is 2.15. The quantitative estimate of drug-likeness (QED) is 0.165. The number of pyridine rings is 2. The van der Waals surface area contributed by atoms with E-state index in [0.29, 0.717) is 5.03 Å². The van der Waals surface area contributed by atoms with E-state index in [0.717, 1.165) is 78.2 Å². The maximum atomic E-state index is 6.52. The highest BCUT2D eigenvalue weighted by molar-refractivity contribution is 7.80. The molecule has 51 heavy (non-hydrogen) atoms. The lowest BCUT2D eigenvalue weighted by atomic mass is 9.87. The van der Waals surface area contributed by atoms with E-state index in [2.05, 4.69) is 147 Å². The van der Waals surface area contributed by atoms with Crippen LogP contribution in [-0.4, -0.2) is 9.97 Å². The number of thiol groups is 1. The molecule has 2 aromatic heterocycles. The van der Waals surface area contributed by atoms with Crippen LogP contribution in [0.25, 0.3) is 55.3 Å². The Balaban J connectivity index is 1.12. The summed E-state index contributed by atoms with van der Waals surface area (Å²) in [5.74, 6) is 1.47. The summed E-state index contributed by atoms with van der Waals surface area (Å²) in [7, 11) is 0. The van der Waals surface area contributed by atoms with Crippen molar-refractivity contribution < 1.29 is 4.74 Å². The SMILES string of the molecule is CC(C)(C)c1ccc(Nc2ccc(-c3cc(-c4ccccc4)c4cc(Oc5ccc6nc(S)cc(-c7ccccc7)c6c5)ccc4n3)cc2)cc1. The molecule has 0 unspecified atom stereocenters. The number of ether oxygens (including phenoxy) is 1. The molecule has 0 atom stereocenters. The molecule has 0 fully saturated rings. The predicted octanol–water partition coefficient (Wildman–Crippen LogP) is 12.9. The number of hydrogen-bond acceptors (Lipinski definition) is 5. The van der Waals surface area contributed by atoms with E-state index in [1.807, 2.05) is 54.6 Å². The van der Waals surface area contributed by atoms with Crippen molar-refractivity contribution in [2.45, 2.75) is 31.2 Å². The van der Waals surface area contributed by atoms with E-state index in [1.165, 1.54) is 5.56 Å². The summed E-state index contributed by atoms with van der Waals surface area (Å²) in [5.41, 5.74) is 11.6. The van der Waals surface area contributed by atoms with Crippen LogP contribution in [-0.2, 0) is 5.41 Å². The second-order valence-electron chi connectivity index (χ2n) is 13.8. The number of rotatable bonds is 7. The fourth-order valence-electron chi connectivity index (χ4n) is 6.46. The van der Waals surface area contributed by atoms with E-state index >= 15 is 0 Å². The van der Waals surface area contributed by atoms with Crippen molar-refractivity contribution >= 4 is 45.8 Å². The third-order valence-corrected chi connectivity index (χ3v) is 9.40. The molecule has 0 saturated heterocycles. The van der Waals surface area contributed by atoms with Crippen molar-refractivity contribution in [2.75, 3.05) is 5.32 Å². The largest absolute Gasteiger partial charge is 0.457 e. The molecule has 1 N–H and O–H groups in total. The Morgan fingerprint density at radius 3 is 1.57 bits per heavy atom. The van der Waals surface area contributed by atoms with Crippen LogP contribution in [0.5, 0.6) is 11.5 Å². The van der Waals surface area contributed by atoms with Crippen molar-refractivity contribution in [3.05, 3.63) is 163 Å². The Labute approximate surface area is 304 Å². The second-order valence-corrected chi connectivity index (χ2v) is 14.3. The highest BCUT2D eigenvalue weighted by Crippen LogP contribution is 2.37. The lowest BCUT2D eigenvalue weighted by Crippen LogP contribution is -2.10. The van der Waals surface area contributed by atoms with Gasteiger partial charge in [-0.1, -0.05) is 106 Å². The Kier molecular flexibility index (Phi) is 8.50. The minimum Gasteiger partial charge on any atom is -0.457 e. The third-order valence-electron chi connectivity index (χ3n) is 9.17. The first-order valence-corrected chi connectivity index (χ1v) is 17.6. The van der Waals surface area contributed by atoms with Gasteiger partial charge in [0.2, 0.25) is 0 Å². The van der Waals surface area contributed by atoms with Crippen molar-refractivity contribution in [3.8, 4) is 45.0 Å². The van der Waals surface area contributed by atoms with Gasteiger partial charge in [0.25, 0.3) is 0 Å². The number of aromatic nitrogens is 2. The van der Waals surface area contributed by atoms with Crippen LogP contribution in [0, 0.1) is 0 Å². The van der Waals surface area contributed by atoms with Crippen molar-refractivity contribution in [2.24, 2.45) is 0 Å². The molecule has 0 aliphatic carbocycles. The number of fused-ring (bicyclic) bond motifs is 2. The topological polar surface area (TPSA) is 47.0 Å². The molecular weight excluding hydrogens is 643 g/mol. The summed E-state index contributed by atoms with van der Waals surface area (Å²) in [6, 6.07) is 54.2. The van der Waals surface area contributed by atoms with Crippen molar-refractivity contribution in [3.63, 3.8) is 0 Å². The molecule has 2 heterocycles. The third kappa shape index (κ3) is 6.94. The average Bonchev–Trinajstić information content (AvgIpc) is 3.15. The number of hydrogen-bond donors (Lipinski definition) is 2. The van der Waals surface area contributed by atoms with Gasteiger partial charge in [0, 0.05) is 27.7 Å².